The van der Waals surface area contributed by atoms with Crippen LogP contribution in [0.15, 0.2) is 33.3 Å². The molecule has 2 heterocycles. The van der Waals surface area contributed by atoms with Crippen molar-refractivity contribution in [2.75, 3.05) is 5.32 Å². The van der Waals surface area contributed by atoms with Crippen molar-refractivity contribution in [1.29, 1.82) is 0 Å². The molecule has 5 heteroatoms. The summed E-state index contributed by atoms with van der Waals surface area (Å²) in [5.41, 5.74) is 2.09. The summed E-state index contributed by atoms with van der Waals surface area (Å²) in [5.74, 6) is 2.26. The topological polar surface area (TPSA) is 34.1 Å². The van der Waals surface area contributed by atoms with Gasteiger partial charge in [-0.2, -0.15) is 0 Å². The fourth-order valence-corrected chi connectivity index (χ4v) is 2.32. The fraction of sp³-hybridized carbons (Fsp3) is 0.0833. The predicted octanol–water partition coefficient (Wildman–Crippen LogP) is 4.76. The maximum atomic E-state index is 5.81. The Morgan fingerprint density at radius 2 is 2.00 bits per heavy atom. The number of anilines is 2. The zero-order valence-corrected chi connectivity index (χ0v) is 12.1. The van der Waals surface area contributed by atoms with Gasteiger partial charge in [0, 0.05) is 21.2 Å². The van der Waals surface area contributed by atoms with E-state index < -0.39 is 0 Å². The SMILES string of the molecule is Cc1cc2c(cc1Br)Oc1cc(Br)cnc1N2. The van der Waals surface area contributed by atoms with Crippen molar-refractivity contribution >= 4 is 43.4 Å². The smallest absolute Gasteiger partial charge is 0.174 e. The number of fused-ring (bicyclic) bond motifs is 2. The molecule has 0 amide bonds. The Morgan fingerprint density at radius 3 is 2.82 bits per heavy atom. The van der Waals surface area contributed by atoms with Crippen LogP contribution in [0.5, 0.6) is 11.5 Å². The zero-order valence-electron chi connectivity index (χ0n) is 8.92. The van der Waals surface area contributed by atoms with Crippen LogP contribution in [0.1, 0.15) is 5.56 Å². The molecule has 0 radical (unpaired) electrons. The quantitative estimate of drug-likeness (QED) is 0.631. The summed E-state index contributed by atoms with van der Waals surface area (Å²) in [4.78, 5) is 4.28. The van der Waals surface area contributed by atoms with Crippen molar-refractivity contribution in [1.82, 2.24) is 4.98 Å². The van der Waals surface area contributed by atoms with Gasteiger partial charge in [-0.3, -0.25) is 0 Å². The van der Waals surface area contributed by atoms with Crippen LogP contribution in [0.2, 0.25) is 0 Å². The van der Waals surface area contributed by atoms with E-state index in [4.69, 9.17) is 4.74 Å². The lowest BCUT2D eigenvalue weighted by Gasteiger charge is -2.21. The summed E-state index contributed by atoms with van der Waals surface area (Å²) >= 11 is 6.87. The van der Waals surface area contributed by atoms with E-state index in [0.29, 0.717) is 0 Å². The van der Waals surface area contributed by atoms with E-state index in [1.807, 2.05) is 25.1 Å². The molecule has 17 heavy (non-hydrogen) atoms. The van der Waals surface area contributed by atoms with Crippen LogP contribution in [-0.4, -0.2) is 4.98 Å². The highest BCUT2D eigenvalue weighted by molar-refractivity contribution is 9.10. The third kappa shape index (κ3) is 1.93. The monoisotopic (exact) mass is 354 g/mol. The van der Waals surface area contributed by atoms with Crippen molar-refractivity contribution in [2.24, 2.45) is 0 Å². The highest BCUT2D eigenvalue weighted by Gasteiger charge is 2.18. The van der Waals surface area contributed by atoms with E-state index in [9.17, 15) is 0 Å². The van der Waals surface area contributed by atoms with Gasteiger partial charge in [-0.15, -0.1) is 0 Å². The van der Waals surface area contributed by atoms with Gasteiger partial charge in [0.1, 0.15) is 0 Å². The second-order valence-corrected chi connectivity index (χ2v) is 5.59. The molecule has 1 aromatic heterocycles. The number of hydrogen-bond acceptors (Lipinski definition) is 3. The summed E-state index contributed by atoms with van der Waals surface area (Å²) in [6.45, 7) is 2.04. The van der Waals surface area contributed by atoms with E-state index in [1.54, 1.807) is 6.20 Å². The molecule has 2 aromatic rings. The molecule has 0 bridgehead atoms. The molecule has 0 saturated carbocycles. The van der Waals surface area contributed by atoms with Gasteiger partial charge < -0.3 is 10.1 Å². The number of aromatic nitrogens is 1. The van der Waals surface area contributed by atoms with E-state index in [1.165, 1.54) is 0 Å². The first-order chi connectivity index (χ1) is 8.13. The molecule has 1 aliphatic heterocycles. The van der Waals surface area contributed by atoms with Gasteiger partial charge >= 0.3 is 0 Å². The molecule has 0 atom stereocenters. The van der Waals surface area contributed by atoms with Crippen LogP contribution in [-0.2, 0) is 0 Å². The minimum atomic E-state index is 0.725. The summed E-state index contributed by atoms with van der Waals surface area (Å²) in [5, 5.41) is 3.26. The van der Waals surface area contributed by atoms with E-state index in [2.05, 4.69) is 42.2 Å². The Morgan fingerprint density at radius 1 is 1.18 bits per heavy atom. The standard InChI is InChI=1S/C12H8Br2N2O/c1-6-2-9-10(4-8(6)14)17-11-3-7(13)5-15-12(11)16-9/h2-5H,1H3,(H,15,16). The number of pyridine rings is 1. The number of halogens is 2. The van der Waals surface area contributed by atoms with Gasteiger partial charge in [0.2, 0.25) is 0 Å². The second kappa shape index (κ2) is 3.99. The second-order valence-electron chi connectivity index (χ2n) is 3.82. The lowest BCUT2D eigenvalue weighted by Crippen LogP contribution is -2.05. The van der Waals surface area contributed by atoms with E-state index in [0.717, 1.165) is 37.5 Å². The number of aryl methyl sites for hydroxylation is 1. The number of hydrogen-bond donors (Lipinski definition) is 1. The van der Waals surface area contributed by atoms with Crippen LogP contribution in [0.3, 0.4) is 0 Å². The average Bonchev–Trinajstić information content (AvgIpc) is 2.28. The fourth-order valence-electron chi connectivity index (χ4n) is 1.68. The number of nitrogens with one attached hydrogen (secondary N) is 1. The van der Waals surface area contributed by atoms with E-state index >= 15 is 0 Å². The Hall–Kier alpha value is -1.07. The van der Waals surface area contributed by atoms with Crippen LogP contribution >= 0.6 is 31.9 Å². The Bertz CT molecular complexity index is 614. The van der Waals surface area contributed by atoms with Gasteiger partial charge in [-0.1, -0.05) is 15.9 Å². The molecule has 3 rings (SSSR count). The summed E-state index contributed by atoms with van der Waals surface area (Å²) in [7, 11) is 0. The van der Waals surface area contributed by atoms with Gasteiger partial charge in [0.25, 0.3) is 0 Å². The first kappa shape index (κ1) is 11.0. The molecule has 1 N–H and O–H groups in total. The highest BCUT2D eigenvalue weighted by atomic mass is 79.9. The Kier molecular flexibility index (Phi) is 2.60. The van der Waals surface area contributed by atoms with Crippen LogP contribution in [0, 0.1) is 6.92 Å². The number of nitrogens with zero attached hydrogens (tertiary/aromatic N) is 1. The van der Waals surface area contributed by atoms with Gasteiger partial charge in [0.05, 0.1) is 5.69 Å². The summed E-state index contributed by atoms with van der Waals surface area (Å²) in [6.07, 6.45) is 1.74. The highest BCUT2D eigenvalue weighted by Crippen LogP contribution is 2.43. The summed E-state index contributed by atoms with van der Waals surface area (Å²) < 4.78 is 7.74. The van der Waals surface area contributed by atoms with Gasteiger partial charge in [0.15, 0.2) is 17.3 Å². The molecule has 86 valence electrons. The first-order valence-electron chi connectivity index (χ1n) is 5.04. The lowest BCUT2D eigenvalue weighted by molar-refractivity contribution is 0.478. The zero-order chi connectivity index (χ0) is 12.0. The number of rotatable bonds is 0. The lowest BCUT2D eigenvalue weighted by atomic mass is 10.2. The predicted molar refractivity (Wildman–Crippen MR) is 74.2 cm³/mol. The molecule has 1 aromatic carbocycles. The van der Waals surface area contributed by atoms with Gasteiger partial charge in [-0.05, 0) is 40.5 Å². The van der Waals surface area contributed by atoms with Crippen molar-refractivity contribution in [3.63, 3.8) is 0 Å². The summed E-state index contributed by atoms with van der Waals surface area (Å²) in [6, 6.07) is 5.89. The molecule has 3 nitrogen and oxygen atoms in total. The van der Waals surface area contributed by atoms with Crippen LogP contribution < -0.4 is 10.1 Å². The Balaban J connectivity index is 2.11. The molecule has 1 aliphatic rings. The largest absolute Gasteiger partial charge is 0.451 e. The molecule has 0 unspecified atom stereocenters. The third-order valence-electron chi connectivity index (χ3n) is 2.55. The Labute approximate surface area is 115 Å². The van der Waals surface area contributed by atoms with Crippen molar-refractivity contribution in [3.8, 4) is 11.5 Å². The molecular formula is C12H8Br2N2O. The maximum Gasteiger partial charge on any atom is 0.174 e. The molecular weight excluding hydrogens is 348 g/mol. The first-order valence-corrected chi connectivity index (χ1v) is 6.62. The minimum Gasteiger partial charge on any atom is -0.451 e. The normalized spacial score (nSPS) is 12.2. The number of ether oxygens (including phenoxy) is 1. The number of benzene rings is 1. The minimum absolute atomic E-state index is 0.725. The maximum absolute atomic E-state index is 5.81. The third-order valence-corrected chi connectivity index (χ3v) is 3.84. The van der Waals surface area contributed by atoms with Gasteiger partial charge in [-0.25, -0.2) is 4.98 Å². The molecule has 0 spiro atoms. The van der Waals surface area contributed by atoms with Crippen molar-refractivity contribution < 1.29 is 4.74 Å². The van der Waals surface area contributed by atoms with Crippen molar-refractivity contribution in [2.45, 2.75) is 6.92 Å². The van der Waals surface area contributed by atoms with E-state index in [-0.39, 0.29) is 0 Å². The van der Waals surface area contributed by atoms with Crippen molar-refractivity contribution in [3.05, 3.63) is 38.9 Å². The molecule has 0 aliphatic carbocycles. The van der Waals surface area contributed by atoms with Crippen LogP contribution in [0.25, 0.3) is 0 Å². The molecule has 0 saturated heterocycles. The van der Waals surface area contributed by atoms with Crippen LogP contribution in [0.4, 0.5) is 11.5 Å². The average molecular weight is 356 g/mol. The molecule has 0 fully saturated rings.